The molecule has 176 valence electrons. The standard InChI is InChI=1S/C27H23ClN4O3/c28-22-10-7-19(8-11-22)26(34)31-16-21-5-1-2-6-24(21)32(25(33)18-31)17-23-12-9-20(15-29-23)27(35)30-13-3-4-14-30/h1-12,15H,13-14,16-18H2. The Kier molecular flexibility index (Phi) is 6.33. The van der Waals surface area contributed by atoms with E-state index in [-0.39, 0.29) is 30.8 Å². The highest BCUT2D eigenvalue weighted by atomic mass is 35.5. The molecule has 2 aromatic carbocycles. The van der Waals surface area contributed by atoms with Crippen molar-refractivity contribution in [2.75, 3.05) is 24.5 Å². The molecular weight excluding hydrogens is 464 g/mol. The molecule has 0 saturated heterocycles. The molecule has 3 amide bonds. The second-order valence-electron chi connectivity index (χ2n) is 8.50. The van der Waals surface area contributed by atoms with E-state index in [2.05, 4.69) is 4.98 Å². The van der Waals surface area contributed by atoms with E-state index in [9.17, 15) is 14.4 Å². The number of hydrogen-bond acceptors (Lipinski definition) is 4. The molecule has 0 spiro atoms. The van der Waals surface area contributed by atoms with Gasteiger partial charge in [-0.3, -0.25) is 19.4 Å². The SMILES string of the molecule is O=C(c1ccc(CN2C(=O)CN(C(=O)c3ccc(Cl)cc3)Cc3ccccc32)nc1)N1CC=CC1. The maximum absolute atomic E-state index is 13.3. The maximum atomic E-state index is 13.3. The molecule has 8 heteroatoms. The molecule has 3 heterocycles. The van der Waals surface area contributed by atoms with Crippen molar-refractivity contribution in [2.24, 2.45) is 0 Å². The predicted octanol–water partition coefficient (Wildman–Crippen LogP) is 3.94. The van der Waals surface area contributed by atoms with Crippen molar-refractivity contribution in [3.8, 4) is 0 Å². The predicted molar refractivity (Wildman–Crippen MR) is 133 cm³/mol. The summed E-state index contributed by atoms with van der Waals surface area (Å²) in [5.74, 6) is -0.506. The van der Waals surface area contributed by atoms with E-state index in [0.29, 0.717) is 41.5 Å². The van der Waals surface area contributed by atoms with Crippen LogP contribution in [0.3, 0.4) is 0 Å². The van der Waals surface area contributed by atoms with Crippen LogP contribution in [0.5, 0.6) is 0 Å². The Labute approximate surface area is 208 Å². The van der Waals surface area contributed by atoms with Crippen molar-refractivity contribution in [2.45, 2.75) is 13.1 Å². The first-order chi connectivity index (χ1) is 17.0. The van der Waals surface area contributed by atoms with Crippen LogP contribution in [0, 0.1) is 0 Å². The highest BCUT2D eigenvalue weighted by molar-refractivity contribution is 6.30. The summed E-state index contributed by atoms with van der Waals surface area (Å²) in [6, 6.07) is 17.7. The number of rotatable bonds is 4. The molecule has 0 fully saturated rings. The first-order valence-electron chi connectivity index (χ1n) is 11.3. The van der Waals surface area contributed by atoms with Gasteiger partial charge in [-0.15, -0.1) is 0 Å². The average molecular weight is 487 g/mol. The van der Waals surface area contributed by atoms with Gasteiger partial charge in [-0.05, 0) is 48.0 Å². The van der Waals surface area contributed by atoms with Crippen LogP contribution in [0.2, 0.25) is 5.02 Å². The van der Waals surface area contributed by atoms with E-state index in [1.807, 2.05) is 36.4 Å². The lowest BCUT2D eigenvalue weighted by atomic mass is 10.1. The molecule has 1 aromatic heterocycles. The number of amides is 3. The second-order valence-corrected chi connectivity index (χ2v) is 8.93. The summed E-state index contributed by atoms with van der Waals surface area (Å²) >= 11 is 5.96. The number of aromatic nitrogens is 1. The Morgan fingerprint density at radius 3 is 2.23 bits per heavy atom. The van der Waals surface area contributed by atoms with Gasteiger partial charge in [0.05, 0.1) is 17.8 Å². The van der Waals surface area contributed by atoms with Crippen LogP contribution >= 0.6 is 11.6 Å². The number of carbonyl (C=O) groups excluding carboxylic acids is 3. The summed E-state index contributed by atoms with van der Waals surface area (Å²) < 4.78 is 0. The van der Waals surface area contributed by atoms with Crippen molar-refractivity contribution in [3.05, 3.63) is 106 Å². The second kappa shape index (κ2) is 9.72. The van der Waals surface area contributed by atoms with Gasteiger partial charge in [-0.2, -0.15) is 0 Å². The Morgan fingerprint density at radius 1 is 0.829 bits per heavy atom. The molecular formula is C27H23ClN4O3. The number of hydrogen-bond donors (Lipinski definition) is 0. The normalized spacial score (nSPS) is 15.2. The minimum absolute atomic E-state index is 0.0608. The van der Waals surface area contributed by atoms with Crippen LogP contribution in [-0.4, -0.2) is 52.1 Å². The molecule has 0 saturated carbocycles. The molecule has 7 nitrogen and oxygen atoms in total. The number of benzene rings is 2. The quantitative estimate of drug-likeness (QED) is 0.524. The summed E-state index contributed by atoms with van der Waals surface area (Å²) in [5.41, 5.74) is 3.26. The van der Waals surface area contributed by atoms with Gasteiger partial charge in [-0.1, -0.05) is 42.0 Å². The Hall–Kier alpha value is -3.97. The third-order valence-corrected chi connectivity index (χ3v) is 6.40. The zero-order valence-corrected chi connectivity index (χ0v) is 19.7. The van der Waals surface area contributed by atoms with Gasteiger partial charge in [0, 0.05) is 42.1 Å². The molecule has 0 unspecified atom stereocenters. The van der Waals surface area contributed by atoms with Crippen LogP contribution in [0.25, 0.3) is 0 Å². The van der Waals surface area contributed by atoms with Crippen LogP contribution in [0.1, 0.15) is 32.0 Å². The number of anilines is 1. The Balaban J connectivity index is 1.37. The van der Waals surface area contributed by atoms with Gasteiger partial charge in [0.2, 0.25) is 5.91 Å². The summed E-state index contributed by atoms with van der Waals surface area (Å²) in [6.45, 7) is 1.69. The van der Waals surface area contributed by atoms with Crippen LogP contribution < -0.4 is 4.90 Å². The molecule has 0 atom stereocenters. The number of carbonyl (C=O) groups is 3. The van der Waals surface area contributed by atoms with Gasteiger partial charge in [0.1, 0.15) is 6.54 Å². The first kappa shape index (κ1) is 22.8. The lowest BCUT2D eigenvalue weighted by Gasteiger charge is -2.23. The minimum atomic E-state index is -0.232. The Morgan fingerprint density at radius 2 is 1.51 bits per heavy atom. The number of para-hydroxylation sites is 1. The molecule has 5 rings (SSSR count). The lowest BCUT2D eigenvalue weighted by molar-refractivity contribution is -0.119. The van der Waals surface area contributed by atoms with E-state index in [1.54, 1.807) is 57.3 Å². The van der Waals surface area contributed by atoms with Crippen LogP contribution in [0.15, 0.2) is 79.0 Å². The molecule has 0 radical (unpaired) electrons. The lowest BCUT2D eigenvalue weighted by Crippen LogP contribution is -2.39. The maximum Gasteiger partial charge on any atom is 0.255 e. The number of nitrogens with zero attached hydrogens (tertiary/aromatic N) is 4. The van der Waals surface area contributed by atoms with E-state index in [1.165, 1.54) is 0 Å². The van der Waals surface area contributed by atoms with E-state index >= 15 is 0 Å². The van der Waals surface area contributed by atoms with Crippen LogP contribution in [-0.2, 0) is 17.9 Å². The van der Waals surface area contributed by atoms with Gasteiger partial charge in [0.15, 0.2) is 0 Å². The highest BCUT2D eigenvalue weighted by Gasteiger charge is 2.29. The Bertz CT molecular complexity index is 1300. The van der Waals surface area contributed by atoms with E-state index in [4.69, 9.17) is 11.6 Å². The van der Waals surface area contributed by atoms with Crippen molar-refractivity contribution < 1.29 is 14.4 Å². The summed E-state index contributed by atoms with van der Waals surface area (Å²) in [6.07, 6.45) is 5.48. The number of pyridine rings is 1. The zero-order chi connectivity index (χ0) is 24.4. The van der Waals surface area contributed by atoms with Crippen LogP contribution in [0.4, 0.5) is 5.69 Å². The first-order valence-corrected chi connectivity index (χ1v) is 11.7. The summed E-state index contributed by atoms with van der Waals surface area (Å²) in [4.78, 5) is 48.5. The molecule has 2 aliphatic rings. The fraction of sp³-hybridized carbons (Fsp3) is 0.185. The smallest absolute Gasteiger partial charge is 0.255 e. The third-order valence-electron chi connectivity index (χ3n) is 6.15. The zero-order valence-electron chi connectivity index (χ0n) is 18.9. The van der Waals surface area contributed by atoms with Gasteiger partial charge >= 0.3 is 0 Å². The largest absolute Gasteiger partial charge is 0.331 e. The van der Waals surface area contributed by atoms with Crippen molar-refractivity contribution in [3.63, 3.8) is 0 Å². The minimum Gasteiger partial charge on any atom is -0.331 e. The average Bonchev–Trinajstić information content (AvgIpc) is 3.38. The molecule has 3 aromatic rings. The van der Waals surface area contributed by atoms with Gasteiger partial charge in [-0.25, -0.2) is 0 Å². The van der Waals surface area contributed by atoms with Gasteiger partial charge in [0.25, 0.3) is 11.8 Å². The molecule has 2 aliphatic heterocycles. The van der Waals surface area contributed by atoms with Crippen molar-refractivity contribution >= 4 is 35.0 Å². The van der Waals surface area contributed by atoms with E-state index < -0.39 is 0 Å². The summed E-state index contributed by atoms with van der Waals surface area (Å²) in [7, 11) is 0. The highest BCUT2D eigenvalue weighted by Crippen LogP contribution is 2.28. The fourth-order valence-corrected chi connectivity index (χ4v) is 4.40. The fourth-order valence-electron chi connectivity index (χ4n) is 4.28. The third kappa shape index (κ3) is 4.81. The molecule has 0 aliphatic carbocycles. The summed E-state index contributed by atoms with van der Waals surface area (Å²) in [5, 5.41) is 0.544. The number of fused-ring (bicyclic) bond motifs is 1. The molecule has 35 heavy (non-hydrogen) atoms. The van der Waals surface area contributed by atoms with E-state index in [0.717, 1.165) is 11.3 Å². The monoisotopic (exact) mass is 486 g/mol. The topological polar surface area (TPSA) is 73.8 Å². The molecule has 0 bridgehead atoms. The van der Waals surface area contributed by atoms with Crippen molar-refractivity contribution in [1.29, 1.82) is 0 Å². The number of halogens is 1. The van der Waals surface area contributed by atoms with Gasteiger partial charge < -0.3 is 14.7 Å². The molecule has 0 N–H and O–H groups in total. The van der Waals surface area contributed by atoms with Crippen molar-refractivity contribution in [1.82, 2.24) is 14.8 Å².